The van der Waals surface area contributed by atoms with E-state index in [0.29, 0.717) is 22.9 Å². The third kappa shape index (κ3) is 3.50. The van der Waals surface area contributed by atoms with Gasteiger partial charge in [-0.05, 0) is 37.6 Å². The van der Waals surface area contributed by atoms with Crippen molar-refractivity contribution >= 4 is 23.3 Å². The molecule has 25 heavy (non-hydrogen) atoms. The number of benzene rings is 2. The number of nitrogens with one attached hydrogen (secondary N) is 1. The third-order valence-electron chi connectivity index (χ3n) is 3.84. The Kier molecular flexibility index (Phi) is 4.47. The molecule has 2 aromatic rings. The number of ether oxygens (including phenoxy) is 3. The monoisotopic (exact) mass is 342 g/mol. The summed E-state index contributed by atoms with van der Waals surface area (Å²) in [5.41, 5.74) is 7.76. The summed E-state index contributed by atoms with van der Waals surface area (Å²) in [5, 5.41) is 2.67. The minimum absolute atomic E-state index is 0.151. The van der Waals surface area contributed by atoms with E-state index in [9.17, 15) is 9.59 Å². The van der Waals surface area contributed by atoms with E-state index in [1.165, 1.54) is 6.92 Å². The molecule has 0 bridgehead atoms. The molecule has 3 N–H and O–H groups in total. The second kappa shape index (κ2) is 6.72. The van der Waals surface area contributed by atoms with Crippen LogP contribution in [0.4, 0.5) is 11.4 Å². The van der Waals surface area contributed by atoms with Crippen LogP contribution in [0.25, 0.3) is 0 Å². The highest BCUT2D eigenvalue weighted by atomic mass is 16.7. The molecule has 0 saturated carbocycles. The number of nitrogens with two attached hydrogens (primary N) is 1. The van der Waals surface area contributed by atoms with Crippen molar-refractivity contribution in [3.8, 4) is 11.5 Å². The molecule has 1 aliphatic rings. The van der Waals surface area contributed by atoms with Gasteiger partial charge >= 0.3 is 5.97 Å². The van der Waals surface area contributed by atoms with Gasteiger partial charge in [-0.25, -0.2) is 4.79 Å². The zero-order valence-corrected chi connectivity index (χ0v) is 13.9. The fourth-order valence-electron chi connectivity index (χ4n) is 2.35. The lowest BCUT2D eigenvalue weighted by molar-refractivity contribution is -0.123. The Hall–Kier alpha value is -3.22. The highest BCUT2D eigenvalue weighted by molar-refractivity contribution is 5.99. The number of aryl methyl sites for hydroxylation is 1. The van der Waals surface area contributed by atoms with Gasteiger partial charge in [-0.1, -0.05) is 12.1 Å². The highest BCUT2D eigenvalue weighted by Crippen LogP contribution is 2.34. The number of carbonyl (C=O) groups is 2. The van der Waals surface area contributed by atoms with Gasteiger partial charge in [0, 0.05) is 17.4 Å². The first-order chi connectivity index (χ1) is 12.0. The Balaban J connectivity index is 1.64. The zero-order valence-electron chi connectivity index (χ0n) is 13.9. The molecule has 0 spiro atoms. The topological polar surface area (TPSA) is 99.9 Å². The number of rotatable bonds is 4. The maximum atomic E-state index is 12.2. The summed E-state index contributed by atoms with van der Waals surface area (Å²) in [6.45, 7) is 3.44. The van der Waals surface area contributed by atoms with Gasteiger partial charge in [0.1, 0.15) is 0 Å². The van der Waals surface area contributed by atoms with Crippen LogP contribution in [0.15, 0.2) is 36.4 Å². The molecule has 1 atom stereocenters. The van der Waals surface area contributed by atoms with Crippen molar-refractivity contribution in [1.29, 1.82) is 0 Å². The van der Waals surface area contributed by atoms with Gasteiger partial charge < -0.3 is 25.3 Å². The predicted octanol–water partition coefficient (Wildman–Crippen LogP) is 2.49. The van der Waals surface area contributed by atoms with Gasteiger partial charge in [-0.3, -0.25) is 4.79 Å². The number of esters is 1. The summed E-state index contributed by atoms with van der Waals surface area (Å²) >= 11 is 0. The van der Waals surface area contributed by atoms with Crippen LogP contribution in [0.2, 0.25) is 0 Å². The second-order valence-corrected chi connectivity index (χ2v) is 5.64. The Morgan fingerprint density at radius 1 is 1.20 bits per heavy atom. The molecule has 1 unspecified atom stereocenters. The SMILES string of the molecule is Cc1cccc(C(=O)OC(C)C(=O)Nc2ccc3c(c2)OCO3)c1N. The summed E-state index contributed by atoms with van der Waals surface area (Å²) in [6.07, 6.45) is -0.988. The molecule has 1 aliphatic heterocycles. The highest BCUT2D eigenvalue weighted by Gasteiger charge is 2.22. The molecule has 7 heteroatoms. The quantitative estimate of drug-likeness (QED) is 0.654. The number of nitrogen functional groups attached to an aromatic ring is 1. The molecule has 2 aromatic carbocycles. The van der Waals surface area contributed by atoms with Gasteiger partial charge in [0.05, 0.1) is 5.56 Å². The largest absolute Gasteiger partial charge is 0.454 e. The number of anilines is 2. The minimum Gasteiger partial charge on any atom is -0.454 e. The number of fused-ring (bicyclic) bond motifs is 1. The van der Waals surface area contributed by atoms with Crippen molar-refractivity contribution in [2.75, 3.05) is 17.8 Å². The van der Waals surface area contributed by atoms with Gasteiger partial charge in [0.2, 0.25) is 6.79 Å². The molecule has 1 heterocycles. The van der Waals surface area contributed by atoms with Crippen LogP contribution in [-0.4, -0.2) is 24.8 Å². The summed E-state index contributed by atoms with van der Waals surface area (Å²) < 4.78 is 15.7. The summed E-state index contributed by atoms with van der Waals surface area (Å²) in [4.78, 5) is 24.5. The molecule has 7 nitrogen and oxygen atoms in total. The summed E-state index contributed by atoms with van der Waals surface area (Å²) in [5.74, 6) is 0.0651. The maximum Gasteiger partial charge on any atom is 0.341 e. The first kappa shape index (κ1) is 16.6. The van der Waals surface area contributed by atoms with Gasteiger partial charge in [-0.15, -0.1) is 0 Å². The molecular weight excluding hydrogens is 324 g/mol. The van der Waals surface area contributed by atoms with Gasteiger partial charge in [0.15, 0.2) is 17.6 Å². The number of carbonyl (C=O) groups excluding carboxylic acids is 2. The third-order valence-corrected chi connectivity index (χ3v) is 3.84. The van der Waals surface area contributed by atoms with Crippen molar-refractivity contribution in [3.63, 3.8) is 0 Å². The molecule has 130 valence electrons. The van der Waals surface area contributed by atoms with E-state index >= 15 is 0 Å². The average Bonchev–Trinajstić information content (AvgIpc) is 3.04. The smallest absolute Gasteiger partial charge is 0.341 e. The van der Waals surface area contributed by atoms with Crippen molar-refractivity contribution in [3.05, 3.63) is 47.5 Å². The van der Waals surface area contributed by atoms with Crippen LogP contribution >= 0.6 is 0 Å². The number of hydrogen-bond donors (Lipinski definition) is 2. The summed E-state index contributed by atoms with van der Waals surface area (Å²) in [6, 6.07) is 10.1. The van der Waals surface area contributed by atoms with Crippen LogP contribution in [0, 0.1) is 6.92 Å². The van der Waals surface area contributed by atoms with Gasteiger partial charge in [0.25, 0.3) is 5.91 Å². The first-order valence-electron chi connectivity index (χ1n) is 7.72. The maximum absolute atomic E-state index is 12.2. The van der Waals surface area contributed by atoms with Crippen LogP contribution < -0.4 is 20.5 Å². The molecule has 0 aliphatic carbocycles. The van der Waals surface area contributed by atoms with E-state index in [1.54, 1.807) is 43.3 Å². The van der Waals surface area contributed by atoms with Crippen molar-refractivity contribution < 1.29 is 23.8 Å². The number of hydrogen-bond acceptors (Lipinski definition) is 6. The Bertz CT molecular complexity index is 834. The Morgan fingerprint density at radius 3 is 2.76 bits per heavy atom. The Labute approximate surface area is 144 Å². The second-order valence-electron chi connectivity index (χ2n) is 5.64. The fraction of sp³-hybridized carbons (Fsp3) is 0.222. The lowest BCUT2D eigenvalue weighted by Crippen LogP contribution is -2.30. The predicted molar refractivity (Wildman–Crippen MR) is 91.7 cm³/mol. The lowest BCUT2D eigenvalue weighted by Gasteiger charge is -2.15. The van der Waals surface area contributed by atoms with E-state index in [0.717, 1.165) is 5.56 Å². The molecule has 0 fully saturated rings. The molecule has 3 rings (SSSR count). The van der Waals surface area contributed by atoms with Crippen LogP contribution in [-0.2, 0) is 9.53 Å². The van der Waals surface area contributed by atoms with Crippen LogP contribution in [0.5, 0.6) is 11.5 Å². The first-order valence-corrected chi connectivity index (χ1v) is 7.72. The molecule has 0 radical (unpaired) electrons. The Morgan fingerprint density at radius 2 is 1.96 bits per heavy atom. The minimum atomic E-state index is -0.988. The van der Waals surface area contributed by atoms with Crippen molar-refractivity contribution in [1.82, 2.24) is 0 Å². The zero-order chi connectivity index (χ0) is 18.0. The van der Waals surface area contributed by atoms with E-state index in [1.807, 2.05) is 0 Å². The van der Waals surface area contributed by atoms with Crippen LogP contribution in [0.1, 0.15) is 22.8 Å². The molecule has 0 aromatic heterocycles. The van der Waals surface area contributed by atoms with E-state index < -0.39 is 18.0 Å². The number of para-hydroxylation sites is 1. The van der Waals surface area contributed by atoms with Crippen molar-refractivity contribution in [2.45, 2.75) is 20.0 Å². The van der Waals surface area contributed by atoms with Gasteiger partial charge in [-0.2, -0.15) is 0 Å². The number of amides is 1. The molecule has 1 amide bonds. The van der Waals surface area contributed by atoms with Crippen LogP contribution in [0.3, 0.4) is 0 Å². The molecule has 0 saturated heterocycles. The van der Waals surface area contributed by atoms with E-state index in [2.05, 4.69) is 5.32 Å². The standard InChI is InChI=1S/C18H18N2O5/c1-10-4-3-5-13(16(10)19)18(22)25-11(2)17(21)20-12-6-7-14-15(8-12)24-9-23-14/h3-8,11H,9,19H2,1-2H3,(H,20,21). The average molecular weight is 342 g/mol. The normalized spacial score (nSPS) is 13.2. The summed E-state index contributed by atoms with van der Waals surface area (Å²) in [7, 11) is 0. The van der Waals surface area contributed by atoms with E-state index in [-0.39, 0.29) is 12.4 Å². The lowest BCUT2D eigenvalue weighted by atomic mass is 10.1. The fourth-order valence-corrected chi connectivity index (χ4v) is 2.35. The van der Waals surface area contributed by atoms with Crippen molar-refractivity contribution in [2.24, 2.45) is 0 Å². The molecular formula is C18H18N2O5. The van der Waals surface area contributed by atoms with E-state index in [4.69, 9.17) is 19.9 Å².